The molecule has 0 bridgehead atoms. The first-order valence-corrected chi connectivity index (χ1v) is 9.48. The lowest BCUT2D eigenvalue weighted by Gasteiger charge is -2.17. The molecule has 138 valence electrons. The molecule has 0 aliphatic carbocycles. The number of amides is 1. The zero-order valence-corrected chi connectivity index (χ0v) is 15.8. The number of hydrogen-bond acceptors (Lipinski definition) is 1. The van der Waals surface area contributed by atoms with Gasteiger partial charge in [-0.15, -0.1) is 0 Å². The highest BCUT2D eigenvalue weighted by Crippen LogP contribution is 2.18. The van der Waals surface area contributed by atoms with Gasteiger partial charge >= 0.3 is 0 Å². The zero-order valence-electron chi connectivity index (χ0n) is 15.8. The number of rotatable bonds is 8. The van der Waals surface area contributed by atoms with E-state index in [0.29, 0.717) is 13.1 Å². The topological polar surface area (TPSA) is 45.7 Å². The summed E-state index contributed by atoms with van der Waals surface area (Å²) in [7, 11) is 0. The molecule has 1 atom stereocenters. The van der Waals surface area contributed by atoms with Crippen molar-refractivity contribution in [3.63, 3.8) is 0 Å². The fourth-order valence-electron chi connectivity index (χ4n) is 3.19. The van der Waals surface area contributed by atoms with Crippen LogP contribution in [0.1, 0.15) is 28.3 Å². The van der Waals surface area contributed by atoms with Gasteiger partial charge in [0, 0.05) is 17.7 Å². The summed E-state index contributed by atoms with van der Waals surface area (Å²) in [5.74, 6) is 0.0685. The van der Waals surface area contributed by atoms with Crippen molar-refractivity contribution >= 4 is 5.91 Å². The van der Waals surface area contributed by atoms with E-state index in [1.807, 2.05) is 36.4 Å². The van der Waals surface area contributed by atoms with Crippen LogP contribution in [-0.2, 0) is 11.2 Å². The van der Waals surface area contributed by atoms with Crippen molar-refractivity contribution in [2.75, 3.05) is 13.1 Å². The standard InChI is InChI=1S/C24H26N2O/c1-19-12-14-22(15-13-19)24(21-10-6-3-7-11-21)26-18-23(27)25-17-16-20-8-4-2-5-9-20/h2-15,24,26H,16-18H2,1H3,(H,25,27)/p+1/t24-/m1/s1. The van der Waals surface area contributed by atoms with Crippen LogP contribution in [0.15, 0.2) is 84.9 Å². The van der Waals surface area contributed by atoms with Crippen molar-refractivity contribution < 1.29 is 10.1 Å². The van der Waals surface area contributed by atoms with Crippen LogP contribution in [-0.4, -0.2) is 19.0 Å². The fourth-order valence-corrected chi connectivity index (χ4v) is 3.19. The Hall–Kier alpha value is -2.91. The van der Waals surface area contributed by atoms with Gasteiger partial charge in [0.25, 0.3) is 5.91 Å². The average Bonchev–Trinajstić information content (AvgIpc) is 2.71. The maximum Gasteiger partial charge on any atom is 0.275 e. The van der Waals surface area contributed by atoms with E-state index in [9.17, 15) is 4.79 Å². The summed E-state index contributed by atoms with van der Waals surface area (Å²) in [5.41, 5.74) is 4.90. The molecule has 3 aromatic carbocycles. The van der Waals surface area contributed by atoms with Crippen LogP contribution >= 0.6 is 0 Å². The van der Waals surface area contributed by atoms with Crippen LogP contribution in [0.4, 0.5) is 0 Å². The molecule has 0 aliphatic heterocycles. The third kappa shape index (κ3) is 5.80. The lowest BCUT2D eigenvalue weighted by atomic mass is 9.98. The molecule has 0 radical (unpaired) electrons. The number of nitrogens with one attached hydrogen (secondary N) is 1. The molecular weight excluding hydrogens is 332 g/mol. The maximum atomic E-state index is 12.3. The Kier molecular flexibility index (Phi) is 6.78. The van der Waals surface area contributed by atoms with Crippen molar-refractivity contribution in [1.82, 2.24) is 5.32 Å². The van der Waals surface area contributed by atoms with E-state index in [-0.39, 0.29) is 11.9 Å². The van der Waals surface area contributed by atoms with Crippen LogP contribution in [0, 0.1) is 6.92 Å². The molecule has 3 N–H and O–H groups in total. The summed E-state index contributed by atoms with van der Waals surface area (Å²) in [5, 5.41) is 5.14. The van der Waals surface area contributed by atoms with Gasteiger partial charge in [-0.05, 0) is 18.9 Å². The number of benzene rings is 3. The van der Waals surface area contributed by atoms with Crippen molar-refractivity contribution in [3.05, 3.63) is 107 Å². The van der Waals surface area contributed by atoms with Crippen molar-refractivity contribution in [3.8, 4) is 0 Å². The normalized spacial score (nSPS) is 11.7. The van der Waals surface area contributed by atoms with E-state index >= 15 is 0 Å². The SMILES string of the molecule is Cc1ccc([C@H]([NH2+]CC(=O)NCCc2ccccc2)c2ccccc2)cc1. The Morgan fingerprint density at radius 1 is 0.852 bits per heavy atom. The van der Waals surface area contributed by atoms with Gasteiger partial charge in [-0.1, -0.05) is 90.5 Å². The molecule has 0 aromatic heterocycles. The van der Waals surface area contributed by atoms with E-state index in [2.05, 4.69) is 66.1 Å². The van der Waals surface area contributed by atoms with E-state index in [0.717, 1.165) is 6.42 Å². The molecule has 3 aromatic rings. The van der Waals surface area contributed by atoms with Crippen molar-refractivity contribution in [2.45, 2.75) is 19.4 Å². The van der Waals surface area contributed by atoms with Crippen molar-refractivity contribution in [1.29, 1.82) is 0 Å². The second-order valence-electron chi connectivity index (χ2n) is 6.82. The number of aryl methyl sites for hydroxylation is 1. The summed E-state index contributed by atoms with van der Waals surface area (Å²) < 4.78 is 0. The van der Waals surface area contributed by atoms with Gasteiger partial charge in [-0.2, -0.15) is 0 Å². The lowest BCUT2D eigenvalue weighted by Crippen LogP contribution is -2.87. The predicted octanol–water partition coefficient (Wildman–Crippen LogP) is 3.01. The van der Waals surface area contributed by atoms with Gasteiger partial charge in [-0.3, -0.25) is 4.79 Å². The van der Waals surface area contributed by atoms with Crippen LogP contribution in [0.5, 0.6) is 0 Å². The van der Waals surface area contributed by atoms with Gasteiger partial charge in [0.1, 0.15) is 6.04 Å². The fraction of sp³-hybridized carbons (Fsp3) is 0.208. The monoisotopic (exact) mass is 359 g/mol. The number of hydrogen-bond donors (Lipinski definition) is 2. The van der Waals surface area contributed by atoms with E-state index in [1.165, 1.54) is 22.3 Å². The molecule has 0 saturated carbocycles. The second-order valence-corrected chi connectivity index (χ2v) is 6.82. The Morgan fingerprint density at radius 3 is 2.11 bits per heavy atom. The first-order valence-electron chi connectivity index (χ1n) is 9.48. The van der Waals surface area contributed by atoms with Gasteiger partial charge in [0.15, 0.2) is 6.54 Å². The molecule has 0 heterocycles. The number of carbonyl (C=O) groups excluding carboxylic acids is 1. The molecule has 3 rings (SSSR count). The Labute approximate surface area is 161 Å². The summed E-state index contributed by atoms with van der Waals surface area (Å²) >= 11 is 0. The Morgan fingerprint density at radius 2 is 1.44 bits per heavy atom. The number of carbonyl (C=O) groups is 1. The molecule has 0 aliphatic rings. The highest BCUT2D eigenvalue weighted by atomic mass is 16.1. The van der Waals surface area contributed by atoms with Gasteiger partial charge in [0.05, 0.1) is 0 Å². The predicted molar refractivity (Wildman–Crippen MR) is 109 cm³/mol. The lowest BCUT2D eigenvalue weighted by molar-refractivity contribution is -0.676. The van der Waals surface area contributed by atoms with Gasteiger partial charge < -0.3 is 10.6 Å². The molecule has 0 spiro atoms. The minimum atomic E-state index is 0.0685. The first-order chi connectivity index (χ1) is 13.2. The van der Waals surface area contributed by atoms with E-state index in [4.69, 9.17) is 0 Å². The Bertz CT molecular complexity index is 829. The van der Waals surface area contributed by atoms with Crippen LogP contribution in [0.2, 0.25) is 0 Å². The summed E-state index contributed by atoms with van der Waals surface area (Å²) in [6.07, 6.45) is 0.854. The van der Waals surface area contributed by atoms with E-state index in [1.54, 1.807) is 0 Å². The van der Waals surface area contributed by atoms with Gasteiger partial charge in [0.2, 0.25) is 0 Å². The quantitative estimate of drug-likeness (QED) is 0.638. The molecule has 1 amide bonds. The Balaban J connectivity index is 1.57. The van der Waals surface area contributed by atoms with Crippen LogP contribution < -0.4 is 10.6 Å². The molecule has 0 saturated heterocycles. The summed E-state index contributed by atoms with van der Waals surface area (Å²) in [4.78, 5) is 12.3. The second kappa shape index (κ2) is 9.70. The first kappa shape index (κ1) is 18.9. The van der Waals surface area contributed by atoms with Crippen LogP contribution in [0.25, 0.3) is 0 Å². The smallest absolute Gasteiger partial charge is 0.275 e. The van der Waals surface area contributed by atoms with Crippen LogP contribution in [0.3, 0.4) is 0 Å². The molecule has 3 nitrogen and oxygen atoms in total. The maximum absolute atomic E-state index is 12.3. The molecule has 0 unspecified atom stereocenters. The molecule has 27 heavy (non-hydrogen) atoms. The highest BCUT2D eigenvalue weighted by molar-refractivity contribution is 5.76. The zero-order chi connectivity index (χ0) is 18.9. The minimum absolute atomic E-state index is 0.0685. The highest BCUT2D eigenvalue weighted by Gasteiger charge is 2.18. The number of nitrogens with two attached hydrogens (primary N) is 1. The molecule has 0 fully saturated rings. The molecular formula is C24H27N2O+. The van der Waals surface area contributed by atoms with E-state index < -0.39 is 0 Å². The average molecular weight is 359 g/mol. The molecule has 3 heteroatoms. The number of quaternary nitrogens is 1. The third-order valence-electron chi connectivity index (χ3n) is 4.71. The summed E-state index contributed by atoms with van der Waals surface area (Å²) in [6, 6.07) is 29.2. The minimum Gasteiger partial charge on any atom is -0.351 e. The summed E-state index contributed by atoms with van der Waals surface area (Å²) in [6.45, 7) is 3.16. The third-order valence-corrected chi connectivity index (χ3v) is 4.71. The largest absolute Gasteiger partial charge is 0.351 e. The van der Waals surface area contributed by atoms with Crippen molar-refractivity contribution in [2.24, 2.45) is 0 Å². The van der Waals surface area contributed by atoms with Gasteiger partial charge in [-0.25, -0.2) is 0 Å².